The van der Waals surface area contributed by atoms with Gasteiger partial charge in [-0.05, 0) is 30.4 Å². The van der Waals surface area contributed by atoms with Gasteiger partial charge in [0.05, 0.1) is 0 Å². The SMILES string of the molecule is O=C(CC1CCCC1)N[C@@H](Cc1ccccc1Br)C(=O)O. The van der Waals surface area contributed by atoms with Gasteiger partial charge in [-0.25, -0.2) is 4.79 Å². The standard InChI is InChI=1S/C16H20BrNO3/c17-13-8-4-3-7-12(13)10-14(16(20)21)18-15(19)9-11-5-1-2-6-11/h3-4,7-8,11,14H,1-2,5-6,9-10H2,(H,18,19)(H,20,21)/t14-/m0/s1. The van der Waals surface area contributed by atoms with E-state index >= 15 is 0 Å². The molecule has 0 aliphatic heterocycles. The number of nitrogens with one attached hydrogen (secondary N) is 1. The molecular formula is C16H20BrNO3. The summed E-state index contributed by atoms with van der Waals surface area (Å²) >= 11 is 3.41. The lowest BCUT2D eigenvalue weighted by Gasteiger charge is -2.17. The van der Waals surface area contributed by atoms with Crippen LogP contribution in [0.3, 0.4) is 0 Å². The van der Waals surface area contributed by atoms with Crippen LogP contribution in [0.1, 0.15) is 37.7 Å². The molecule has 1 aromatic carbocycles. The summed E-state index contributed by atoms with van der Waals surface area (Å²) in [7, 11) is 0. The second kappa shape index (κ2) is 7.59. The second-order valence-electron chi connectivity index (χ2n) is 5.61. The molecule has 0 spiro atoms. The summed E-state index contributed by atoms with van der Waals surface area (Å²) < 4.78 is 0.862. The Morgan fingerprint density at radius 3 is 2.57 bits per heavy atom. The van der Waals surface area contributed by atoms with Crippen LogP contribution in [0.2, 0.25) is 0 Å². The first-order valence-electron chi connectivity index (χ1n) is 7.32. The Morgan fingerprint density at radius 1 is 1.29 bits per heavy atom. The Balaban J connectivity index is 1.94. The molecule has 0 heterocycles. The lowest BCUT2D eigenvalue weighted by atomic mass is 10.0. The lowest BCUT2D eigenvalue weighted by Crippen LogP contribution is -2.42. The molecule has 2 N–H and O–H groups in total. The highest BCUT2D eigenvalue weighted by Gasteiger charge is 2.24. The van der Waals surface area contributed by atoms with Crippen LogP contribution in [0.15, 0.2) is 28.7 Å². The summed E-state index contributed by atoms with van der Waals surface area (Å²) in [5.41, 5.74) is 0.881. The third kappa shape index (κ3) is 4.84. The molecule has 1 amide bonds. The van der Waals surface area contributed by atoms with Crippen LogP contribution < -0.4 is 5.32 Å². The van der Waals surface area contributed by atoms with Crippen LogP contribution in [-0.4, -0.2) is 23.0 Å². The molecule has 0 radical (unpaired) electrons. The number of carboxylic acids is 1. The van der Waals surface area contributed by atoms with Crippen molar-refractivity contribution in [1.29, 1.82) is 0 Å². The number of carbonyl (C=O) groups excluding carboxylic acids is 1. The van der Waals surface area contributed by atoms with Gasteiger partial charge in [0.25, 0.3) is 0 Å². The van der Waals surface area contributed by atoms with E-state index in [4.69, 9.17) is 0 Å². The van der Waals surface area contributed by atoms with E-state index in [1.807, 2.05) is 24.3 Å². The van der Waals surface area contributed by atoms with Crippen molar-refractivity contribution in [3.63, 3.8) is 0 Å². The summed E-state index contributed by atoms with van der Waals surface area (Å²) in [5, 5.41) is 12.0. The van der Waals surface area contributed by atoms with E-state index in [1.165, 1.54) is 12.8 Å². The predicted octanol–water partition coefficient (Wildman–Crippen LogP) is 3.14. The predicted molar refractivity (Wildman–Crippen MR) is 84.0 cm³/mol. The smallest absolute Gasteiger partial charge is 0.326 e. The van der Waals surface area contributed by atoms with Gasteiger partial charge in [-0.1, -0.05) is 47.0 Å². The summed E-state index contributed by atoms with van der Waals surface area (Å²) in [6, 6.07) is 6.59. The fraction of sp³-hybridized carbons (Fsp3) is 0.500. The maximum Gasteiger partial charge on any atom is 0.326 e. The third-order valence-corrected chi connectivity index (χ3v) is 4.74. The molecule has 0 aromatic heterocycles. The van der Waals surface area contributed by atoms with Crippen LogP contribution in [0.4, 0.5) is 0 Å². The first-order chi connectivity index (χ1) is 10.1. The molecule has 1 saturated carbocycles. The molecule has 114 valence electrons. The average molecular weight is 354 g/mol. The Morgan fingerprint density at radius 2 is 1.95 bits per heavy atom. The molecule has 2 rings (SSSR count). The van der Waals surface area contributed by atoms with E-state index in [9.17, 15) is 14.7 Å². The minimum atomic E-state index is -0.995. The van der Waals surface area contributed by atoms with Crippen molar-refractivity contribution in [3.05, 3.63) is 34.3 Å². The number of rotatable bonds is 6. The number of hydrogen-bond donors (Lipinski definition) is 2. The van der Waals surface area contributed by atoms with Crippen LogP contribution in [-0.2, 0) is 16.0 Å². The Kier molecular flexibility index (Phi) is 5.79. The molecule has 0 unspecified atom stereocenters. The number of carbonyl (C=O) groups is 2. The lowest BCUT2D eigenvalue weighted by molar-refractivity contribution is -0.141. The average Bonchev–Trinajstić information content (AvgIpc) is 2.93. The number of amides is 1. The molecule has 1 atom stereocenters. The van der Waals surface area contributed by atoms with Gasteiger partial charge in [0.15, 0.2) is 0 Å². The van der Waals surface area contributed by atoms with E-state index < -0.39 is 12.0 Å². The Bertz CT molecular complexity index is 512. The fourth-order valence-electron chi connectivity index (χ4n) is 2.81. The van der Waals surface area contributed by atoms with Crippen LogP contribution in [0.25, 0.3) is 0 Å². The minimum absolute atomic E-state index is 0.152. The van der Waals surface area contributed by atoms with Crippen molar-refractivity contribution >= 4 is 27.8 Å². The van der Waals surface area contributed by atoms with Crippen molar-refractivity contribution in [3.8, 4) is 0 Å². The van der Waals surface area contributed by atoms with Gasteiger partial charge in [-0.2, -0.15) is 0 Å². The highest BCUT2D eigenvalue weighted by Crippen LogP contribution is 2.27. The summed E-state index contributed by atoms with van der Waals surface area (Å²) in [4.78, 5) is 23.4. The molecule has 5 heteroatoms. The first kappa shape index (κ1) is 16.0. The largest absolute Gasteiger partial charge is 0.480 e. The van der Waals surface area contributed by atoms with Crippen molar-refractivity contribution in [2.45, 2.75) is 44.6 Å². The highest BCUT2D eigenvalue weighted by molar-refractivity contribution is 9.10. The van der Waals surface area contributed by atoms with E-state index in [-0.39, 0.29) is 12.3 Å². The second-order valence-corrected chi connectivity index (χ2v) is 6.46. The van der Waals surface area contributed by atoms with Gasteiger partial charge in [-0.3, -0.25) is 4.79 Å². The maximum atomic E-state index is 12.0. The van der Waals surface area contributed by atoms with Crippen molar-refractivity contribution < 1.29 is 14.7 Å². The minimum Gasteiger partial charge on any atom is -0.480 e. The zero-order chi connectivity index (χ0) is 15.2. The zero-order valence-corrected chi connectivity index (χ0v) is 13.4. The quantitative estimate of drug-likeness (QED) is 0.825. The third-order valence-electron chi connectivity index (χ3n) is 3.96. The molecule has 1 fully saturated rings. The zero-order valence-electron chi connectivity index (χ0n) is 11.8. The van der Waals surface area contributed by atoms with Gasteiger partial charge in [0.2, 0.25) is 5.91 Å². The molecule has 0 saturated heterocycles. The normalized spacial score (nSPS) is 16.6. The van der Waals surface area contributed by atoms with Crippen LogP contribution >= 0.6 is 15.9 Å². The molecular weight excluding hydrogens is 334 g/mol. The summed E-state index contributed by atoms with van der Waals surface area (Å²) in [6.07, 6.45) is 5.24. The van der Waals surface area contributed by atoms with E-state index in [0.717, 1.165) is 22.9 Å². The molecule has 1 aromatic rings. The van der Waals surface area contributed by atoms with Gasteiger partial charge >= 0.3 is 5.97 Å². The van der Waals surface area contributed by atoms with Gasteiger partial charge in [-0.15, -0.1) is 0 Å². The number of halogens is 1. The van der Waals surface area contributed by atoms with E-state index in [2.05, 4.69) is 21.2 Å². The molecule has 1 aliphatic rings. The van der Waals surface area contributed by atoms with Crippen LogP contribution in [0, 0.1) is 5.92 Å². The summed E-state index contributed by atoms with van der Waals surface area (Å²) in [6.45, 7) is 0. The molecule has 4 nitrogen and oxygen atoms in total. The van der Waals surface area contributed by atoms with E-state index in [0.29, 0.717) is 12.3 Å². The van der Waals surface area contributed by atoms with Crippen molar-refractivity contribution in [2.24, 2.45) is 5.92 Å². The number of benzene rings is 1. The molecule has 0 bridgehead atoms. The van der Waals surface area contributed by atoms with E-state index in [1.54, 1.807) is 0 Å². The van der Waals surface area contributed by atoms with Gasteiger partial charge in [0, 0.05) is 17.3 Å². The van der Waals surface area contributed by atoms with Gasteiger partial charge < -0.3 is 10.4 Å². The monoisotopic (exact) mass is 353 g/mol. The number of aliphatic carboxylic acids is 1. The number of hydrogen-bond acceptors (Lipinski definition) is 2. The topological polar surface area (TPSA) is 66.4 Å². The first-order valence-corrected chi connectivity index (χ1v) is 8.11. The highest BCUT2D eigenvalue weighted by atomic mass is 79.9. The van der Waals surface area contributed by atoms with Crippen molar-refractivity contribution in [2.75, 3.05) is 0 Å². The number of carboxylic acid groups (broad SMARTS) is 1. The van der Waals surface area contributed by atoms with Gasteiger partial charge in [0.1, 0.15) is 6.04 Å². The molecule has 1 aliphatic carbocycles. The fourth-order valence-corrected chi connectivity index (χ4v) is 3.26. The van der Waals surface area contributed by atoms with Crippen molar-refractivity contribution in [1.82, 2.24) is 5.32 Å². The molecule has 21 heavy (non-hydrogen) atoms. The Hall–Kier alpha value is -1.36. The summed E-state index contributed by atoms with van der Waals surface area (Å²) in [5.74, 6) is -0.727. The maximum absolute atomic E-state index is 12.0. The van der Waals surface area contributed by atoms with Crippen LogP contribution in [0.5, 0.6) is 0 Å². The Labute approximate surface area is 133 Å².